The molecule has 2 unspecified atom stereocenters. The summed E-state index contributed by atoms with van der Waals surface area (Å²) in [4.78, 5) is 16.4. The van der Waals surface area contributed by atoms with Crippen LogP contribution in [0.5, 0.6) is 0 Å². The predicted molar refractivity (Wildman–Crippen MR) is 85.5 cm³/mol. The smallest absolute Gasteiger partial charge is 0.244 e. The molecular weight excluding hydrogens is 332 g/mol. The number of rotatable bonds is 5. The second-order valence-electron chi connectivity index (χ2n) is 5.34. The lowest BCUT2D eigenvalue weighted by molar-refractivity contribution is -0.126. The van der Waals surface area contributed by atoms with E-state index >= 15 is 0 Å². The first-order valence-electron chi connectivity index (χ1n) is 6.71. The van der Waals surface area contributed by atoms with Crippen LogP contribution >= 0.6 is 15.9 Å². The van der Waals surface area contributed by atoms with Gasteiger partial charge in [-0.05, 0) is 31.5 Å². The van der Waals surface area contributed by atoms with Gasteiger partial charge in [0.25, 0.3) is 0 Å². The van der Waals surface area contributed by atoms with Crippen molar-refractivity contribution >= 4 is 21.8 Å². The summed E-state index contributed by atoms with van der Waals surface area (Å²) in [7, 11) is 0. The molecule has 2 atom stereocenters. The Morgan fingerprint density at radius 2 is 2.14 bits per heavy atom. The van der Waals surface area contributed by atoms with Gasteiger partial charge in [0.1, 0.15) is 5.54 Å². The molecule has 0 spiro atoms. The molecule has 5 nitrogen and oxygen atoms in total. The molecule has 1 aromatic carbocycles. The topological polar surface area (TPSA) is 72.9 Å². The second kappa shape index (κ2) is 6.41. The quantitative estimate of drug-likeness (QED) is 0.866. The van der Waals surface area contributed by atoms with Gasteiger partial charge in [0.2, 0.25) is 5.91 Å². The van der Waals surface area contributed by atoms with E-state index in [-0.39, 0.29) is 11.9 Å². The summed E-state index contributed by atoms with van der Waals surface area (Å²) in [5.74, 6) is -0.197. The van der Waals surface area contributed by atoms with Crippen LogP contribution in [0.4, 0.5) is 0 Å². The van der Waals surface area contributed by atoms with E-state index < -0.39 is 5.54 Å². The number of imidazole rings is 1. The molecule has 2 aromatic rings. The molecule has 1 amide bonds. The number of nitrogens with two attached hydrogens (primary N) is 1. The van der Waals surface area contributed by atoms with Crippen molar-refractivity contribution in [3.8, 4) is 0 Å². The van der Waals surface area contributed by atoms with Crippen LogP contribution in [-0.2, 0) is 16.9 Å². The number of carbonyl (C=O) groups is 1. The third-order valence-electron chi connectivity index (χ3n) is 3.34. The Kier molecular flexibility index (Phi) is 4.80. The van der Waals surface area contributed by atoms with E-state index in [1.807, 2.05) is 42.0 Å². The molecule has 2 rings (SSSR count). The van der Waals surface area contributed by atoms with Gasteiger partial charge in [0, 0.05) is 29.5 Å². The van der Waals surface area contributed by atoms with Gasteiger partial charge >= 0.3 is 0 Å². The Labute approximate surface area is 132 Å². The van der Waals surface area contributed by atoms with Gasteiger partial charge in [0.15, 0.2) is 0 Å². The van der Waals surface area contributed by atoms with Crippen molar-refractivity contribution in [1.82, 2.24) is 14.9 Å². The van der Waals surface area contributed by atoms with Gasteiger partial charge < -0.3 is 15.6 Å². The highest BCUT2D eigenvalue weighted by molar-refractivity contribution is 9.10. The summed E-state index contributed by atoms with van der Waals surface area (Å²) in [6.45, 7) is 4.31. The predicted octanol–water partition coefficient (Wildman–Crippen LogP) is 2.02. The number of carbonyl (C=O) groups excluding carboxylic acids is 1. The molecular formula is C15H19BrN4O. The molecule has 3 N–H and O–H groups in total. The Bertz CT molecular complexity index is 593. The first kappa shape index (κ1) is 15.7. The molecule has 0 aliphatic carbocycles. The number of halogens is 1. The number of amides is 1. The van der Waals surface area contributed by atoms with Crippen LogP contribution in [0.25, 0.3) is 0 Å². The summed E-state index contributed by atoms with van der Waals surface area (Å²) in [5.41, 5.74) is 5.92. The largest absolute Gasteiger partial charge is 0.350 e. The molecule has 0 radical (unpaired) electrons. The number of nitrogens with zero attached hydrogens (tertiary/aromatic N) is 2. The summed E-state index contributed by atoms with van der Waals surface area (Å²) < 4.78 is 2.87. The van der Waals surface area contributed by atoms with Gasteiger partial charge in [-0.25, -0.2) is 4.98 Å². The fourth-order valence-corrected chi connectivity index (χ4v) is 2.32. The fourth-order valence-electron chi connectivity index (χ4n) is 2.06. The van der Waals surface area contributed by atoms with Gasteiger partial charge in [-0.2, -0.15) is 0 Å². The third-order valence-corrected chi connectivity index (χ3v) is 3.87. The molecule has 0 aliphatic heterocycles. The highest BCUT2D eigenvalue weighted by Crippen LogP contribution is 2.20. The van der Waals surface area contributed by atoms with E-state index in [4.69, 9.17) is 5.73 Å². The van der Waals surface area contributed by atoms with Crippen LogP contribution in [0.15, 0.2) is 47.5 Å². The lowest BCUT2D eigenvalue weighted by Gasteiger charge is -2.26. The zero-order valence-electron chi connectivity index (χ0n) is 12.1. The van der Waals surface area contributed by atoms with Crippen LogP contribution in [0, 0.1) is 0 Å². The van der Waals surface area contributed by atoms with Gasteiger partial charge in [-0.1, -0.05) is 28.1 Å². The SMILES string of the molecule is CC(Cn1ccnc1)NC(=O)C(C)(N)c1ccc(Br)cc1. The number of hydrogen-bond donors (Lipinski definition) is 2. The van der Waals surface area contributed by atoms with E-state index in [1.165, 1.54) is 0 Å². The number of benzene rings is 1. The maximum atomic E-state index is 12.4. The van der Waals surface area contributed by atoms with Crippen LogP contribution in [-0.4, -0.2) is 21.5 Å². The van der Waals surface area contributed by atoms with Crippen molar-refractivity contribution in [2.75, 3.05) is 0 Å². The second-order valence-corrected chi connectivity index (χ2v) is 6.26. The molecule has 1 aromatic heterocycles. The van der Waals surface area contributed by atoms with Crippen molar-refractivity contribution < 1.29 is 4.79 Å². The van der Waals surface area contributed by atoms with Crippen LogP contribution in [0.1, 0.15) is 19.4 Å². The van der Waals surface area contributed by atoms with Gasteiger partial charge in [0.05, 0.1) is 6.33 Å². The molecule has 0 saturated carbocycles. The lowest BCUT2D eigenvalue weighted by Crippen LogP contribution is -2.52. The number of hydrogen-bond acceptors (Lipinski definition) is 3. The van der Waals surface area contributed by atoms with Gasteiger partial charge in [-0.15, -0.1) is 0 Å². The van der Waals surface area contributed by atoms with Crippen LogP contribution < -0.4 is 11.1 Å². The maximum absolute atomic E-state index is 12.4. The number of nitrogens with one attached hydrogen (secondary N) is 1. The van der Waals surface area contributed by atoms with Crippen LogP contribution in [0.3, 0.4) is 0 Å². The summed E-state index contributed by atoms with van der Waals surface area (Å²) in [6.07, 6.45) is 5.29. The molecule has 0 fully saturated rings. The minimum Gasteiger partial charge on any atom is -0.350 e. The Morgan fingerprint density at radius 1 is 1.48 bits per heavy atom. The molecule has 6 heteroatoms. The molecule has 0 saturated heterocycles. The first-order valence-corrected chi connectivity index (χ1v) is 7.50. The zero-order valence-corrected chi connectivity index (χ0v) is 13.7. The standard InChI is InChI=1S/C15H19BrN4O/c1-11(9-20-8-7-18-10-20)19-14(21)15(2,17)12-3-5-13(16)6-4-12/h3-8,10-11H,9,17H2,1-2H3,(H,19,21). The molecule has 1 heterocycles. The van der Waals surface area contributed by atoms with Crippen molar-refractivity contribution in [2.45, 2.75) is 32.0 Å². The van der Waals surface area contributed by atoms with E-state index in [9.17, 15) is 4.79 Å². The zero-order chi connectivity index (χ0) is 15.5. The molecule has 0 aliphatic rings. The van der Waals surface area contributed by atoms with Crippen molar-refractivity contribution in [1.29, 1.82) is 0 Å². The number of aromatic nitrogens is 2. The third kappa shape index (κ3) is 3.92. The fraction of sp³-hybridized carbons (Fsp3) is 0.333. The first-order chi connectivity index (χ1) is 9.89. The Morgan fingerprint density at radius 3 is 2.71 bits per heavy atom. The van der Waals surface area contributed by atoms with E-state index in [1.54, 1.807) is 19.4 Å². The summed E-state index contributed by atoms with van der Waals surface area (Å²) in [5, 5.41) is 2.95. The highest BCUT2D eigenvalue weighted by atomic mass is 79.9. The molecule has 0 bridgehead atoms. The Hall–Kier alpha value is -1.66. The molecule has 112 valence electrons. The van der Waals surface area contributed by atoms with Crippen molar-refractivity contribution in [3.05, 3.63) is 53.0 Å². The average Bonchev–Trinajstić information content (AvgIpc) is 2.91. The average molecular weight is 351 g/mol. The van der Waals surface area contributed by atoms with Crippen molar-refractivity contribution in [3.63, 3.8) is 0 Å². The van der Waals surface area contributed by atoms with Crippen LogP contribution in [0.2, 0.25) is 0 Å². The monoisotopic (exact) mass is 350 g/mol. The normalized spacial score (nSPS) is 15.2. The minimum atomic E-state index is -1.07. The Balaban J connectivity index is 2.02. The van der Waals surface area contributed by atoms with E-state index in [0.717, 1.165) is 10.0 Å². The molecule has 21 heavy (non-hydrogen) atoms. The highest BCUT2D eigenvalue weighted by Gasteiger charge is 2.31. The maximum Gasteiger partial charge on any atom is 0.244 e. The van der Waals surface area contributed by atoms with E-state index in [2.05, 4.69) is 26.2 Å². The summed E-state index contributed by atoms with van der Waals surface area (Å²) in [6, 6.07) is 7.42. The van der Waals surface area contributed by atoms with Crippen molar-refractivity contribution in [2.24, 2.45) is 5.73 Å². The van der Waals surface area contributed by atoms with E-state index in [0.29, 0.717) is 6.54 Å². The summed E-state index contributed by atoms with van der Waals surface area (Å²) >= 11 is 3.37. The lowest BCUT2D eigenvalue weighted by atomic mass is 9.92. The van der Waals surface area contributed by atoms with Gasteiger partial charge in [-0.3, -0.25) is 4.79 Å². The minimum absolute atomic E-state index is 0.0370.